The first-order chi connectivity index (χ1) is 8.99. The number of rotatable bonds is 2. The molecule has 0 aliphatic carbocycles. The van der Waals surface area contributed by atoms with Gasteiger partial charge in [-0.15, -0.1) is 11.3 Å². The van der Waals surface area contributed by atoms with E-state index in [1.54, 1.807) is 18.2 Å². The maximum Gasteiger partial charge on any atom is 0.268 e. The fourth-order valence-electron chi connectivity index (χ4n) is 1.54. The predicted octanol–water partition coefficient (Wildman–Crippen LogP) is -0.00410. The highest BCUT2D eigenvalue weighted by Crippen LogP contribution is 2.15. The summed E-state index contributed by atoms with van der Waals surface area (Å²) in [5, 5.41) is 20.1. The lowest BCUT2D eigenvalue weighted by Gasteiger charge is -1.95. The molecule has 98 valence electrons. The number of aromatic nitrogens is 1. The van der Waals surface area contributed by atoms with Crippen LogP contribution in [0, 0.1) is 10.1 Å². The van der Waals surface area contributed by atoms with Gasteiger partial charge in [0.05, 0.1) is 9.46 Å². The molecule has 7 heteroatoms. The molecule has 0 fully saturated rings. The van der Waals surface area contributed by atoms with Crippen LogP contribution in [0.3, 0.4) is 0 Å². The maximum absolute atomic E-state index is 11.9. The molecule has 0 amide bonds. The third-order valence-electron chi connectivity index (χ3n) is 2.50. The highest BCUT2D eigenvalue weighted by Gasteiger charge is 2.04. The van der Waals surface area contributed by atoms with E-state index in [0.29, 0.717) is 10.1 Å². The van der Waals surface area contributed by atoms with Crippen molar-refractivity contribution in [2.24, 2.45) is 7.05 Å². The number of hydrogen-bond acceptors (Lipinski definition) is 5. The van der Waals surface area contributed by atoms with Gasteiger partial charge in [-0.25, -0.2) is 0 Å². The highest BCUT2D eigenvalue weighted by atomic mass is 32.1. The Balaban J connectivity index is 2.69. The van der Waals surface area contributed by atoms with Crippen LogP contribution >= 0.6 is 11.3 Å². The molecule has 2 aromatic rings. The number of nitro groups is 1. The molecular formula is C12H10N2O4S. The van der Waals surface area contributed by atoms with Gasteiger partial charge in [-0.1, -0.05) is 18.2 Å². The largest absolute Gasteiger partial charge is 0.507 e. The van der Waals surface area contributed by atoms with Crippen molar-refractivity contribution in [2.45, 2.75) is 0 Å². The van der Waals surface area contributed by atoms with E-state index in [4.69, 9.17) is 0 Å². The molecule has 0 unspecified atom stereocenters. The molecule has 0 radical (unpaired) electrons. The van der Waals surface area contributed by atoms with Crippen LogP contribution in [-0.2, 0) is 7.05 Å². The normalized spacial score (nSPS) is 12.9. The second kappa shape index (κ2) is 5.07. The van der Waals surface area contributed by atoms with Crippen molar-refractivity contribution < 1.29 is 10.0 Å². The molecule has 0 spiro atoms. The summed E-state index contributed by atoms with van der Waals surface area (Å²) in [5.41, 5.74) is 0.162. The van der Waals surface area contributed by atoms with E-state index in [-0.39, 0.29) is 16.0 Å². The van der Waals surface area contributed by atoms with Gasteiger partial charge in [0.25, 0.3) is 11.8 Å². The highest BCUT2D eigenvalue weighted by molar-refractivity contribution is 7.07. The Hall–Kier alpha value is -2.41. The van der Waals surface area contributed by atoms with E-state index in [9.17, 15) is 20.0 Å². The van der Waals surface area contributed by atoms with E-state index in [0.717, 1.165) is 17.5 Å². The van der Waals surface area contributed by atoms with Gasteiger partial charge in [-0.05, 0) is 12.1 Å². The number of hydrogen-bond donors (Lipinski definition) is 1. The average Bonchev–Trinajstić information content (AvgIpc) is 2.60. The van der Waals surface area contributed by atoms with Crippen LogP contribution in [0.1, 0.15) is 5.56 Å². The van der Waals surface area contributed by atoms with Crippen molar-refractivity contribution >= 4 is 23.6 Å². The van der Waals surface area contributed by atoms with Crippen LogP contribution in [0.4, 0.5) is 0 Å². The van der Waals surface area contributed by atoms with E-state index < -0.39 is 4.92 Å². The lowest BCUT2D eigenvalue weighted by molar-refractivity contribution is -0.363. The number of para-hydroxylation sites is 1. The van der Waals surface area contributed by atoms with E-state index in [1.807, 2.05) is 0 Å². The summed E-state index contributed by atoms with van der Waals surface area (Å²) in [5.74, 6) is 0.0535. The van der Waals surface area contributed by atoms with Crippen molar-refractivity contribution in [2.75, 3.05) is 0 Å². The molecule has 1 heterocycles. The Morgan fingerprint density at radius 3 is 2.74 bits per heavy atom. The summed E-state index contributed by atoms with van der Waals surface area (Å²) in [6.45, 7) is 0. The number of thiazole rings is 1. The van der Waals surface area contributed by atoms with Crippen LogP contribution in [0.25, 0.3) is 12.3 Å². The fraction of sp³-hybridized carbons (Fsp3) is 0.0833. The molecule has 0 aliphatic rings. The van der Waals surface area contributed by atoms with Gasteiger partial charge in [0.2, 0.25) is 0 Å². The van der Waals surface area contributed by atoms with Gasteiger partial charge in [0.1, 0.15) is 5.75 Å². The second-order valence-electron chi connectivity index (χ2n) is 3.79. The first kappa shape index (κ1) is 13.0. The van der Waals surface area contributed by atoms with Crippen molar-refractivity contribution in [3.8, 4) is 5.75 Å². The van der Waals surface area contributed by atoms with Crippen molar-refractivity contribution in [1.82, 2.24) is 4.57 Å². The second-order valence-corrected chi connectivity index (χ2v) is 4.85. The number of phenolic OH excluding ortho intramolecular Hbond substituents is 1. The molecule has 1 aromatic carbocycles. The molecule has 0 bridgehead atoms. The molecule has 0 atom stereocenters. The van der Waals surface area contributed by atoms with Crippen LogP contribution in [0.5, 0.6) is 5.75 Å². The molecule has 0 saturated carbocycles. The molecule has 1 aromatic heterocycles. The Labute approximate surface area is 111 Å². The summed E-state index contributed by atoms with van der Waals surface area (Å²) < 4.78 is 1.79. The van der Waals surface area contributed by atoms with Crippen LogP contribution < -0.4 is 14.8 Å². The summed E-state index contributed by atoms with van der Waals surface area (Å²) in [6.07, 6.45) is 2.30. The summed E-state index contributed by atoms with van der Waals surface area (Å²) in [4.78, 5) is 21.7. The zero-order valence-corrected chi connectivity index (χ0v) is 10.8. The summed E-state index contributed by atoms with van der Waals surface area (Å²) in [7, 11) is 1.47. The molecule has 6 nitrogen and oxygen atoms in total. The Morgan fingerprint density at radius 2 is 2.11 bits per heavy atom. The Bertz CT molecular complexity index is 804. The monoisotopic (exact) mass is 278 g/mol. The first-order valence-electron chi connectivity index (χ1n) is 5.30. The van der Waals surface area contributed by atoms with Gasteiger partial charge >= 0.3 is 0 Å². The minimum Gasteiger partial charge on any atom is -0.507 e. The minimum atomic E-state index is -0.602. The minimum absolute atomic E-state index is 0.0535. The fourth-order valence-corrected chi connectivity index (χ4v) is 2.53. The Kier molecular flexibility index (Phi) is 3.48. The summed E-state index contributed by atoms with van der Waals surface area (Å²) in [6, 6.07) is 6.57. The predicted molar refractivity (Wildman–Crippen MR) is 71.9 cm³/mol. The summed E-state index contributed by atoms with van der Waals surface area (Å²) >= 11 is 1.00. The number of aromatic hydroxyl groups is 1. The lowest BCUT2D eigenvalue weighted by Crippen LogP contribution is -2.29. The molecule has 19 heavy (non-hydrogen) atoms. The average molecular weight is 278 g/mol. The van der Waals surface area contributed by atoms with Gasteiger partial charge in [0.15, 0.2) is 4.66 Å². The quantitative estimate of drug-likeness (QED) is 0.618. The molecular weight excluding hydrogens is 268 g/mol. The van der Waals surface area contributed by atoms with Crippen LogP contribution in [-0.4, -0.2) is 14.6 Å². The third kappa shape index (κ3) is 2.71. The SMILES string of the molecule is Cn1c(=O)/c(=C/c2ccccc2O)s/c1=C\[N+](=O)[O-]. The topological polar surface area (TPSA) is 85.4 Å². The van der Waals surface area contributed by atoms with E-state index in [2.05, 4.69) is 0 Å². The van der Waals surface area contributed by atoms with E-state index >= 15 is 0 Å². The van der Waals surface area contributed by atoms with Gasteiger partial charge in [-0.3, -0.25) is 19.5 Å². The van der Waals surface area contributed by atoms with Gasteiger partial charge in [-0.2, -0.15) is 0 Å². The first-order valence-corrected chi connectivity index (χ1v) is 6.11. The standard InChI is InChI=1S/C12H10N2O4S/c1-13-11(7-14(17)18)19-10(12(13)16)6-8-4-2-3-5-9(8)15/h2-7,15H,1H3/b10-6-,11-7-. The molecule has 1 N–H and O–H groups in total. The van der Waals surface area contributed by atoms with E-state index in [1.165, 1.54) is 23.8 Å². The zero-order chi connectivity index (χ0) is 14.0. The maximum atomic E-state index is 11.9. The number of phenols is 1. The van der Waals surface area contributed by atoms with Crippen LogP contribution in [0.15, 0.2) is 29.1 Å². The smallest absolute Gasteiger partial charge is 0.268 e. The van der Waals surface area contributed by atoms with Crippen LogP contribution in [0.2, 0.25) is 0 Å². The number of benzene rings is 1. The molecule has 2 rings (SSSR count). The van der Waals surface area contributed by atoms with Crippen molar-refractivity contribution in [3.05, 3.63) is 59.5 Å². The van der Waals surface area contributed by atoms with Crippen molar-refractivity contribution in [3.63, 3.8) is 0 Å². The van der Waals surface area contributed by atoms with Gasteiger partial charge < -0.3 is 5.11 Å². The van der Waals surface area contributed by atoms with Gasteiger partial charge in [0, 0.05) is 12.6 Å². The Morgan fingerprint density at radius 1 is 1.42 bits per heavy atom. The number of nitrogens with zero attached hydrogens (tertiary/aromatic N) is 2. The van der Waals surface area contributed by atoms with Crippen molar-refractivity contribution in [1.29, 1.82) is 0 Å². The lowest BCUT2D eigenvalue weighted by atomic mass is 10.2. The third-order valence-corrected chi connectivity index (χ3v) is 3.60. The molecule has 0 saturated heterocycles. The molecule has 0 aliphatic heterocycles. The zero-order valence-electron chi connectivity index (χ0n) is 9.94.